The van der Waals surface area contributed by atoms with E-state index in [0.29, 0.717) is 29.3 Å². The number of benzene rings is 1. The van der Waals surface area contributed by atoms with Crippen LogP contribution in [-0.2, 0) is 4.79 Å². The van der Waals surface area contributed by atoms with E-state index in [0.717, 1.165) is 0 Å². The molecule has 19 heavy (non-hydrogen) atoms. The number of hydrogen-bond donors (Lipinski definition) is 1. The Morgan fingerprint density at radius 2 is 2.21 bits per heavy atom. The number of amides is 1. The van der Waals surface area contributed by atoms with Gasteiger partial charge >= 0.3 is 0 Å². The fraction of sp³-hybridized carbons (Fsp3) is 0.385. The second-order valence-corrected chi connectivity index (χ2v) is 4.76. The van der Waals surface area contributed by atoms with Crippen LogP contribution in [0.5, 0.6) is 5.75 Å². The topological polar surface area (TPSA) is 55.6 Å². The van der Waals surface area contributed by atoms with Crippen molar-refractivity contribution in [3.8, 4) is 5.75 Å². The van der Waals surface area contributed by atoms with Crippen LogP contribution in [0.2, 0.25) is 0 Å². The SMILES string of the molecule is Cc1cc(OCC(=O)N(C)CCC(N)=S)ccc1F. The molecule has 0 heterocycles. The van der Waals surface area contributed by atoms with Crippen molar-refractivity contribution in [2.75, 3.05) is 20.2 Å². The molecule has 0 aliphatic carbocycles. The lowest BCUT2D eigenvalue weighted by molar-refractivity contribution is -0.131. The Labute approximate surface area is 117 Å². The van der Waals surface area contributed by atoms with Gasteiger partial charge in [0.25, 0.3) is 5.91 Å². The molecule has 0 bridgehead atoms. The van der Waals surface area contributed by atoms with E-state index in [-0.39, 0.29) is 18.3 Å². The first-order valence-electron chi connectivity index (χ1n) is 5.81. The third-order valence-corrected chi connectivity index (χ3v) is 2.82. The largest absolute Gasteiger partial charge is 0.484 e. The van der Waals surface area contributed by atoms with Gasteiger partial charge in [0.2, 0.25) is 0 Å². The highest BCUT2D eigenvalue weighted by atomic mass is 32.1. The maximum absolute atomic E-state index is 13.0. The first-order valence-corrected chi connectivity index (χ1v) is 6.22. The first-order chi connectivity index (χ1) is 8.90. The van der Waals surface area contributed by atoms with Gasteiger partial charge in [-0.25, -0.2) is 4.39 Å². The molecule has 0 radical (unpaired) electrons. The summed E-state index contributed by atoms with van der Waals surface area (Å²) in [5.41, 5.74) is 5.84. The summed E-state index contributed by atoms with van der Waals surface area (Å²) in [5.74, 6) is -0.0134. The first kappa shape index (κ1) is 15.4. The molecule has 1 aromatic rings. The van der Waals surface area contributed by atoms with Gasteiger partial charge in [-0.2, -0.15) is 0 Å². The number of carbonyl (C=O) groups is 1. The van der Waals surface area contributed by atoms with E-state index in [2.05, 4.69) is 0 Å². The Hall–Kier alpha value is -1.69. The van der Waals surface area contributed by atoms with Gasteiger partial charge in [0.05, 0.1) is 4.99 Å². The number of nitrogens with two attached hydrogens (primary N) is 1. The number of hydrogen-bond acceptors (Lipinski definition) is 3. The third-order valence-electron chi connectivity index (χ3n) is 2.61. The summed E-state index contributed by atoms with van der Waals surface area (Å²) in [6, 6.07) is 4.36. The minimum absolute atomic E-state index is 0.0983. The molecule has 0 saturated heterocycles. The summed E-state index contributed by atoms with van der Waals surface area (Å²) in [7, 11) is 1.65. The maximum atomic E-state index is 13.0. The lowest BCUT2D eigenvalue weighted by atomic mass is 10.2. The van der Waals surface area contributed by atoms with E-state index in [1.807, 2.05) is 0 Å². The van der Waals surface area contributed by atoms with Gasteiger partial charge in [0.1, 0.15) is 11.6 Å². The molecule has 1 rings (SSSR count). The van der Waals surface area contributed by atoms with Crippen molar-refractivity contribution in [2.24, 2.45) is 5.73 Å². The lowest BCUT2D eigenvalue weighted by Crippen LogP contribution is -2.33. The molecule has 0 unspecified atom stereocenters. The Kier molecular flexibility index (Phi) is 5.69. The van der Waals surface area contributed by atoms with E-state index in [1.54, 1.807) is 20.0 Å². The molecule has 0 aliphatic heterocycles. The van der Waals surface area contributed by atoms with Gasteiger partial charge in [0, 0.05) is 20.0 Å². The summed E-state index contributed by atoms with van der Waals surface area (Å²) < 4.78 is 18.4. The van der Waals surface area contributed by atoms with Crippen molar-refractivity contribution in [3.63, 3.8) is 0 Å². The predicted octanol–water partition coefficient (Wildman–Crippen LogP) is 1.65. The summed E-state index contributed by atoms with van der Waals surface area (Å²) in [5, 5.41) is 0. The molecule has 1 amide bonds. The molecule has 0 aromatic heterocycles. The molecule has 0 fully saturated rings. The number of thiocarbonyl (C=S) groups is 1. The minimum atomic E-state index is -0.299. The second kappa shape index (κ2) is 7.04. The van der Waals surface area contributed by atoms with Crippen LogP contribution in [0.3, 0.4) is 0 Å². The molecule has 1 aromatic carbocycles. The number of carbonyl (C=O) groups excluding carboxylic acids is 1. The number of ether oxygens (including phenoxy) is 1. The van der Waals surface area contributed by atoms with Gasteiger partial charge in [-0.1, -0.05) is 12.2 Å². The van der Waals surface area contributed by atoms with Crippen molar-refractivity contribution in [1.29, 1.82) is 0 Å². The van der Waals surface area contributed by atoms with Crippen molar-refractivity contribution < 1.29 is 13.9 Å². The van der Waals surface area contributed by atoms with Crippen LogP contribution in [0.25, 0.3) is 0 Å². The smallest absolute Gasteiger partial charge is 0.260 e. The van der Waals surface area contributed by atoms with E-state index >= 15 is 0 Å². The fourth-order valence-electron chi connectivity index (χ4n) is 1.36. The average molecular weight is 284 g/mol. The number of likely N-dealkylation sites (N-methyl/N-ethyl adjacent to an activating group) is 1. The van der Waals surface area contributed by atoms with Crippen LogP contribution in [0.4, 0.5) is 4.39 Å². The zero-order valence-corrected chi connectivity index (χ0v) is 11.8. The quantitative estimate of drug-likeness (QED) is 0.807. The molecule has 104 valence electrons. The van der Waals surface area contributed by atoms with E-state index in [9.17, 15) is 9.18 Å². The predicted molar refractivity (Wildman–Crippen MR) is 75.7 cm³/mol. The van der Waals surface area contributed by atoms with Crippen molar-refractivity contribution >= 4 is 23.1 Å². The van der Waals surface area contributed by atoms with Gasteiger partial charge in [-0.3, -0.25) is 4.79 Å². The molecule has 0 saturated carbocycles. The Morgan fingerprint density at radius 3 is 2.79 bits per heavy atom. The molecular formula is C13H17FN2O2S. The van der Waals surface area contributed by atoms with Gasteiger partial charge in [0.15, 0.2) is 6.61 Å². The standard InChI is InChI=1S/C13H17FN2O2S/c1-9-7-10(3-4-11(9)14)18-8-13(17)16(2)6-5-12(15)19/h3-4,7H,5-6,8H2,1-2H3,(H2,15,19). The zero-order chi connectivity index (χ0) is 14.4. The molecule has 6 heteroatoms. The summed E-state index contributed by atoms with van der Waals surface area (Å²) in [6.45, 7) is 2.00. The average Bonchev–Trinajstić information content (AvgIpc) is 2.36. The summed E-state index contributed by atoms with van der Waals surface area (Å²) >= 11 is 4.74. The van der Waals surface area contributed by atoms with Crippen molar-refractivity contribution in [3.05, 3.63) is 29.6 Å². The van der Waals surface area contributed by atoms with E-state index in [1.165, 1.54) is 17.0 Å². The fourth-order valence-corrected chi connectivity index (χ4v) is 1.46. The molecule has 4 nitrogen and oxygen atoms in total. The summed E-state index contributed by atoms with van der Waals surface area (Å²) in [4.78, 5) is 13.6. The van der Waals surface area contributed by atoms with Crippen LogP contribution >= 0.6 is 12.2 Å². The van der Waals surface area contributed by atoms with Gasteiger partial charge in [-0.15, -0.1) is 0 Å². The highest BCUT2D eigenvalue weighted by molar-refractivity contribution is 7.80. The van der Waals surface area contributed by atoms with Crippen molar-refractivity contribution in [2.45, 2.75) is 13.3 Å². The van der Waals surface area contributed by atoms with E-state index in [4.69, 9.17) is 22.7 Å². The number of rotatable bonds is 6. The van der Waals surface area contributed by atoms with Gasteiger partial charge in [-0.05, 0) is 30.7 Å². The van der Waals surface area contributed by atoms with Crippen LogP contribution in [0, 0.1) is 12.7 Å². The minimum Gasteiger partial charge on any atom is -0.484 e. The van der Waals surface area contributed by atoms with Crippen LogP contribution < -0.4 is 10.5 Å². The highest BCUT2D eigenvalue weighted by Gasteiger charge is 2.10. The second-order valence-electron chi connectivity index (χ2n) is 4.23. The normalized spacial score (nSPS) is 10.1. The summed E-state index contributed by atoms with van der Waals surface area (Å²) in [6.07, 6.45) is 0.479. The molecule has 0 atom stereocenters. The number of aryl methyl sites for hydroxylation is 1. The van der Waals surface area contributed by atoms with Crippen LogP contribution in [0.15, 0.2) is 18.2 Å². The maximum Gasteiger partial charge on any atom is 0.260 e. The Bertz CT molecular complexity index is 480. The lowest BCUT2D eigenvalue weighted by Gasteiger charge is -2.17. The molecule has 0 aliphatic rings. The molecule has 2 N–H and O–H groups in total. The molecule has 0 spiro atoms. The monoisotopic (exact) mass is 284 g/mol. The Balaban J connectivity index is 2.44. The highest BCUT2D eigenvalue weighted by Crippen LogP contribution is 2.15. The third kappa shape index (κ3) is 5.21. The molecular weight excluding hydrogens is 267 g/mol. The van der Waals surface area contributed by atoms with Crippen molar-refractivity contribution in [1.82, 2.24) is 4.90 Å². The Morgan fingerprint density at radius 1 is 1.53 bits per heavy atom. The number of nitrogens with zero attached hydrogens (tertiary/aromatic N) is 1. The van der Waals surface area contributed by atoms with E-state index < -0.39 is 0 Å². The number of halogens is 1. The van der Waals surface area contributed by atoms with Crippen LogP contribution in [0.1, 0.15) is 12.0 Å². The van der Waals surface area contributed by atoms with Gasteiger partial charge < -0.3 is 15.4 Å². The zero-order valence-electron chi connectivity index (χ0n) is 11.0. The van der Waals surface area contributed by atoms with Crippen LogP contribution in [-0.4, -0.2) is 36.0 Å².